The summed E-state index contributed by atoms with van der Waals surface area (Å²) >= 11 is 12.1. The van der Waals surface area contributed by atoms with Crippen LogP contribution in [0.3, 0.4) is 0 Å². The number of methoxy groups -OCH3 is 1. The summed E-state index contributed by atoms with van der Waals surface area (Å²) in [5.74, 6) is -4.33. The summed E-state index contributed by atoms with van der Waals surface area (Å²) in [4.78, 5) is 26.2. The summed E-state index contributed by atoms with van der Waals surface area (Å²) in [6.07, 6.45) is -1.15. The molecule has 0 bridgehead atoms. The van der Waals surface area contributed by atoms with Crippen LogP contribution in [0.15, 0.2) is 36.4 Å². The Bertz CT molecular complexity index is 1310. The Morgan fingerprint density at radius 3 is 2.58 bits per heavy atom. The highest BCUT2D eigenvalue weighted by molar-refractivity contribution is 6.31. The van der Waals surface area contributed by atoms with Crippen LogP contribution in [0.2, 0.25) is 10.0 Å². The number of halogens is 4. The fraction of sp³-hybridized carbons (Fsp3) is 0.464. The van der Waals surface area contributed by atoms with E-state index in [1.807, 2.05) is 0 Å². The van der Waals surface area contributed by atoms with Crippen LogP contribution in [0.4, 0.5) is 8.78 Å². The fourth-order valence-corrected chi connectivity index (χ4v) is 5.72. The Hall–Kier alpha value is -2.81. The van der Waals surface area contributed by atoms with Crippen molar-refractivity contribution in [3.8, 4) is 6.07 Å². The Morgan fingerprint density at radius 2 is 1.98 bits per heavy atom. The number of hydrogen-bond acceptors (Lipinski definition) is 7. The maximum Gasteiger partial charge on any atom is 0.311 e. The van der Waals surface area contributed by atoms with Crippen LogP contribution in [0, 0.1) is 28.4 Å². The van der Waals surface area contributed by atoms with E-state index in [9.17, 15) is 20.0 Å². The number of carbonyl (C=O) groups excluding carboxylic acids is 2. The maximum absolute atomic E-state index is 15.7. The zero-order valence-electron chi connectivity index (χ0n) is 22.2. The number of nitriles is 1. The molecular formula is C28H31Cl2F2N3O5. The second-order valence-electron chi connectivity index (χ2n) is 10.4. The van der Waals surface area contributed by atoms with Gasteiger partial charge >= 0.3 is 5.97 Å². The topological polar surface area (TPSA) is 132 Å². The lowest BCUT2D eigenvalue weighted by Crippen LogP contribution is -2.47. The standard InChI is InChI=1S/C28H31Cl2F2N3O5/c1-27(2,26(39)40-3)12-21-28(14-33,18-8-7-15(29)11-20(18)31)22(17-5-4-6-19(30)23(17)32)24(35-21)25(38)34-10-9-16(37)13-36/h4-8,11,16,21-22,24,35-37H,9-10,12-13H2,1-3H3,(H,34,38)/t16-,21-,22-,24+,28-/m0/s1. The van der Waals surface area contributed by atoms with Gasteiger partial charge in [0.1, 0.15) is 17.0 Å². The zero-order valence-corrected chi connectivity index (χ0v) is 23.7. The average Bonchev–Trinajstić information content (AvgIpc) is 3.23. The van der Waals surface area contributed by atoms with E-state index in [-0.39, 0.29) is 40.6 Å². The highest BCUT2D eigenvalue weighted by Gasteiger charge is 2.61. The second kappa shape index (κ2) is 12.8. The summed E-state index contributed by atoms with van der Waals surface area (Å²) in [6, 6.07) is 7.68. The first-order valence-electron chi connectivity index (χ1n) is 12.6. The average molecular weight is 598 g/mol. The van der Waals surface area contributed by atoms with Crippen LogP contribution in [-0.4, -0.2) is 60.5 Å². The number of nitrogens with one attached hydrogen (secondary N) is 2. The molecule has 8 nitrogen and oxygen atoms in total. The predicted octanol–water partition coefficient (Wildman–Crippen LogP) is 3.61. The molecule has 4 N–H and O–H groups in total. The Kier molecular flexibility index (Phi) is 10.1. The third-order valence-corrected chi connectivity index (χ3v) is 7.88. The van der Waals surface area contributed by atoms with Gasteiger partial charge in [0.05, 0.1) is 42.4 Å². The number of esters is 1. The van der Waals surface area contributed by atoms with Crippen molar-refractivity contribution >= 4 is 35.1 Å². The molecule has 0 saturated carbocycles. The van der Waals surface area contributed by atoms with E-state index in [1.165, 1.54) is 37.4 Å². The minimum absolute atomic E-state index is 0.0269. The molecule has 1 saturated heterocycles. The number of aliphatic hydroxyl groups is 2. The molecule has 2 aromatic rings. The highest BCUT2D eigenvalue weighted by Crippen LogP contribution is 2.52. The largest absolute Gasteiger partial charge is 0.469 e. The van der Waals surface area contributed by atoms with Crippen LogP contribution in [-0.2, 0) is 19.7 Å². The van der Waals surface area contributed by atoms with E-state index < -0.39 is 65.1 Å². The van der Waals surface area contributed by atoms with Gasteiger partial charge in [-0.2, -0.15) is 5.26 Å². The molecule has 3 rings (SSSR count). The molecule has 12 heteroatoms. The van der Waals surface area contributed by atoms with Gasteiger partial charge in [0.25, 0.3) is 0 Å². The Labute approximate surface area is 241 Å². The van der Waals surface area contributed by atoms with Crippen molar-refractivity contribution in [2.75, 3.05) is 20.3 Å². The van der Waals surface area contributed by atoms with Crippen molar-refractivity contribution in [2.45, 2.75) is 56.2 Å². The molecule has 0 radical (unpaired) electrons. The second-order valence-corrected chi connectivity index (χ2v) is 11.3. The monoisotopic (exact) mass is 597 g/mol. The first-order valence-corrected chi connectivity index (χ1v) is 13.3. The van der Waals surface area contributed by atoms with Crippen molar-refractivity contribution in [3.63, 3.8) is 0 Å². The van der Waals surface area contributed by atoms with E-state index >= 15 is 8.78 Å². The smallest absolute Gasteiger partial charge is 0.311 e. The van der Waals surface area contributed by atoms with Gasteiger partial charge in [0.15, 0.2) is 0 Å². The van der Waals surface area contributed by atoms with Crippen LogP contribution in [0.1, 0.15) is 43.7 Å². The third kappa shape index (κ3) is 6.09. The van der Waals surface area contributed by atoms with E-state index in [1.54, 1.807) is 13.8 Å². The number of amides is 1. The summed E-state index contributed by atoms with van der Waals surface area (Å²) in [5, 5.41) is 35.1. The quantitative estimate of drug-likeness (QED) is 0.308. The van der Waals surface area contributed by atoms with Gasteiger partial charge in [-0.25, -0.2) is 8.78 Å². The molecule has 1 aliphatic heterocycles. The molecule has 40 heavy (non-hydrogen) atoms. The van der Waals surface area contributed by atoms with Gasteiger partial charge in [-0.05, 0) is 50.5 Å². The van der Waals surface area contributed by atoms with E-state index in [2.05, 4.69) is 16.7 Å². The number of nitrogens with zero attached hydrogens (tertiary/aromatic N) is 1. The first-order chi connectivity index (χ1) is 18.8. The summed E-state index contributed by atoms with van der Waals surface area (Å²) in [7, 11) is 1.21. The normalized spacial score (nSPS) is 23.4. The number of rotatable bonds is 10. The van der Waals surface area contributed by atoms with Gasteiger partial charge in [0.2, 0.25) is 5.91 Å². The summed E-state index contributed by atoms with van der Waals surface area (Å²) in [5.41, 5.74) is -3.39. The van der Waals surface area contributed by atoms with Crippen LogP contribution in [0.25, 0.3) is 0 Å². The molecule has 0 unspecified atom stereocenters. The lowest BCUT2D eigenvalue weighted by molar-refractivity contribution is -0.151. The van der Waals surface area contributed by atoms with Gasteiger partial charge in [0, 0.05) is 29.1 Å². The zero-order chi connectivity index (χ0) is 29.8. The molecule has 0 aromatic heterocycles. The van der Waals surface area contributed by atoms with Crippen molar-refractivity contribution in [3.05, 3.63) is 69.2 Å². The minimum Gasteiger partial charge on any atom is -0.469 e. The van der Waals surface area contributed by atoms with Gasteiger partial charge in [-0.15, -0.1) is 0 Å². The number of carbonyl (C=O) groups is 2. The molecule has 1 aliphatic rings. The Morgan fingerprint density at radius 1 is 1.27 bits per heavy atom. The molecular weight excluding hydrogens is 567 g/mol. The molecule has 216 valence electrons. The molecule has 1 amide bonds. The summed E-state index contributed by atoms with van der Waals surface area (Å²) in [6.45, 7) is 2.61. The number of ether oxygens (including phenoxy) is 1. The fourth-order valence-electron chi connectivity index (χ4n) is 5.38. The molecule has 1 heterocycles. The lowest BCUT2D eigenvalue weighted by Gasteiger charge is -2.37. The molecule has 5 atom stereocenters. The van der Waals surface area contributed by atoms with Crippen molar-refractivity contribution < 1.29 is 33.3 Å². The van der Waals surface area contributed by atoms with Gasteiger partial charge < -0.3 is 25.6 Å². The summed E-state index contributed by atoms with van der Waals surface area (Å²) < 4.78 is 36.3. The van der Waals surface area contributed by atoms with Crippen molar-refractivity contribution in [1.29, 1.82) is 5.26 Å². The van der Waals surface area contributed by atoms with E-state index in [4.69, 9.17) is 33.0 Å². The van der Waals surface area contributed by atoms with E-state index in [0.29, 0.717) is 0 Å². The van der Waals surface area contributed by atoms with Crippen LogP contribution in [0.5, 0.6) is 0 Å². The molecule has 2 aromatic carbocycles. The maximum atomic E-state index is 15.7. The SMILES string of the molecule is COC(=O)C(C)(C)C[C@@H]1N[C@@H](C(=O)NCC[C@H](O)CO)[C@H](c2cccc(Cl)c2F)[C@@]1(C#N)c1ccc(Cl)cc1F. The first kappa shape index (κ1) is 31.7. The number of hydrogen-bond donors (Lipinski definition) is 4. The van der Waals surface area contributed by atoms with Gasteiger partial charge in [-0.1, -0.05) is 41.4 Å². The number of benzene rings is 2. The highest BCUT2D eigenvalue weighted by atomic mass is 35.5. The molecule has 1 fully saturated rings. The van der Waals surface area contributed by atoms with Crippen molar-refractivity contribution in [2.24, 2.45) is 5.41 Å². The van der Waals surface area contributed by atoms with Gasteiger partial charge in [-0.3, -0.25) is 9.59 Å². The van der Waals surface area contributed by atoms with E-state index in [0.717, 1.165) is 6.07 Å². The predicted molar refractivity (Wildman–Crippen MR) is 145 cm³/mol. The lowest BCUT2D eigenvalue weighted by atomic mass is 9.62. The molecule has 0 aliphatic carbocycles. The number of aliphatic hydroxyl groups excluding tert-OH is 2. The van der Waals surface area contributed by atoms with Crippen LogP contribution >= 0.6 is 23.2 Å². The molecule has 0 spiro atoms. The Balaban J connectivity index is 2.27. The third-order valence-electron chi connectivity index (χ3n) is 7.36. The minimum atomic E-state index is -1.93. The van der Waals surface area contributed by atoms with Crippen molar-refractivity contribution in [1.82, 2.24) is 10.6 Å². The van der Waals surface area contributed by atoms with Crippen LogP contribution < -0.4 is 10.6 Å².